The Morgan fingerprint density at radius 1 is 1.03 bits per heavy atom. The highest BCUT2D eigenvalue weighted by Gasteiger charge is 2.36. The molecule has 0 fully saturated rings. The summed E-state index contributed by atoms with van der Waals surface area (Å²) in [5.41, 5.74) is 2.26. The molecule has 2 atom stereocenters. The highest BCUT2D eigenvalue weighted by molar-refractivity contribution is 5.94. The van der Waals surface area contributed by atoms with Gasteiger partial charge in [-0.2, -0.15) is 0 Å². The van der Waals surface area contributed by atoms with Crippen LogP contribution in [-0.4, -0.2) is 54.1 Å². The Morgan fingerprint density at radius 2 is 1.68 bits per heavy atom. The normalized spacial score (nSPS) is 12.3. The number of esters is 1. The lowest BCUT2D eigenvalue weighted by Crippen LogP contribution is -2.52. The van der Waals surface area contributed by atoms with E-state index < -0.39 is 48.1 Å². The predicted molar refractivity (Wildman–Crippen MR) is 143 cm³/mol. The van der Waals surface area contributed by atoms with Crippen molar-refractivity contribution < 1.29 is 28.7 Å². The summed E-state index contributed by atoms with van der Waals surface area (Å²) in [7, 11) is 1.20. The van der Waals surface area contributed by atoms with Crippen molar-refractivity contribution in [3.63, 3.8) is 0 Å². The number of alkyl carbamates (subject to hydrolysis) is 1. The molecule has 0 bridgehead atoms. The van der Waals surface area contributed by atoms with Gasteiger partial charge in [0.15, 0.2) is 0 Å². The van der Waals surface area contributed by atoms with Gasteiger partial charge in [-0.3, -0.25) is 19.3 Å². The van der Waals surface area contributed by atoms with Crippen molar-refractivity contribution in [1.29, 1.82) is 0 Å². The lowest BCUT2D eigenvalue weighted by Gasteiger charge is -2.30. The van der Waals surface area contributed by atoms with Crippen LogP contribution >= 0.6 is 0 Å². The number of terminal acetylenes is 1. The number of aryl methyl sites for hydroxylation is 2. The van der Waals surface area contributed by atoms with Crippen LogP contribution in [0.1, 0.15) is 49.1 Å². The number of benzene rings is 2. The molecular weight excluding hydrogens is 486 g/mol. The summed E-state index contributed by atoms with van der Waals surface area (Å²) >= 11 is 0. The van der Waals surface area contributed by atoms with Crippen LogP contribution in [0.3, 0.4) is 0 Å². The number of carbonyl (C=O) groups is 4. The fourth-order valence-corrected chi connectivity index (χ4v) is 3.61. The molecule has 0 aliphatic rings. The van der Waals surface area contributed by atoms with Crippen molar-refractivity contribution in [1.82, 2.24) is 15.5 Å². The molecule has 2 aromatic rings. The smallest absolute Gasteiger partial charge is 0.408 e. The number of ether oxygens (including phenoxy) is 2. The van der Waals surface area contributed by atoms with Crippen molar-refractivity contribution in [2.24, 2.45) is 0 Å². The Kier molecular flexibility index (Phi) is 10.5. The number of hydrogen-bond acceptors (Lipinski definition) is 6. The highest BCUT2D eigenvalue weighted by Crippen LogP contribution is 2.25. The molecule has 38 heavy (non-hydrogen) atoms. The largest absolute Gasteiger partial charge is 0.468 e. The second kappa shape index (κ2) is 13.3. The zero-order chi connectivity index (χ0) is 28.5. The van der Waals surface area contributed by atoms with Gasteiger partial charge in [-0.15, -0.1) is 0 Å². The molecule has 2 unspecified atom stereocenters. The van der Waals surface area contributed by atoms with E-state index in [-0.39, 0.29) is 6.42 Å². The predicted octanol–water partition coefficient (Wildman–Crippen LogP) is 3.19. The van der Waals surface area contributed by atoms with Crippen LogP contribution in [0, 0.1) is 26.3 Å². The third-order valence-electron chi connectivity index (χ3n) is 5.64. The van der Waals surface area contributed by atoms with Crippen molar-refractivity contribution >= 4 is 23.9 Å². The van der Waals surface area contributed by atoms with Gasteiger partial charge in [-0.1, -0.05) is 55.0 Å². The summed E-state index contributed by atoms with van der Waals surface area (Å²) in [6.07, 6.45) is 5.10. The molecular formula is C29H35N3O6. The number of rotatable bonds is 9. The topological polar surface area (TPSA) is 114 Å². The van der Waals surface area contributed by atoms with Gasteiger partial charge in [-0.25, -0.2) is 4.79 Å². The number of nitrogens with zero attached hydrogens (tertiary/aromatic N) is 1. The first-order valence-corrected chi connectivity index (χ1v) is 12.1. The minimum Gasteiger partial charge on any atom is -0.468 e. The lowest BCUT2D eigenvalue weighted by atomic mass is 9.98. The van der Waals surface area contributed by atoms with E-state index in [9.17, 15) is 19.2 Å². The van der Waals surface area contributed by atoms with Gasteiger partial charge in [0.1, 0.15) is 24.2 Å². The summed E-state index contributed by atoms with van der Waals surface area (Å²) in [4.78, 5) is 52.5. The van der Waals surface area contributed by atoms with Gasteiger partial charge in [0, 0.05) is 12.5 Å². The average molecular weight is 522 g/mol. The van der Waals surface area contributed by atoms with Crippen LogP contribution in [0.2, 0.25) is 0 Å². The van der Waals surface area contributed by atoms with Gasteiger partial charge in [0.05, 0.1) is 7.11 Å². The van der Waals surface area contributed by atoms with Crippen LogP contribution in [0.4, 0.5) is 4.79 Å². The molecule has 9 heteroatoms. The van der Waals surface area contributed by atoms with E-state index in [1.165, 1.54) is 7.11 Å². The molecule has 0 saturated carbocycles. The monoisotopic (exact) mass is 521 g/mol. The molecule has 9 nitrogen and oxygen atoms in total. The van der Waals surface area contributed by atoms with E-state index in [2.05, 4.69) is 21.4 Å². The van der Waals surface area contributed by atoms with Crippen LogP contribution in [0.25, 0.3) is 0 Å². The van der Waals surface area contributed by atoms with E-state index in [0.717, 1.165) is 21.6 Å². The van der Waals surface area contributed by atoms with E-state index in [1.54, 1.807) is 57.2 Å². The number of methoxy groups -OCH3 is 1. The zero-order valence-electron chi connectivity index (χ0n) is 22.7. The maximum Gasteiger partial charge on any atom is 0.408 e. The summed E-state index contributed by atoms with van der Waals surface area (Å²) in [6.45, 7) is 8.48. The van der Waals surface area contributed by atoms with E-state index in [4.69, 9.17) is 11.2 Å². The molecule has 0 heterocycles. The summed E-state index contributed by atoms with van der Waals surface area (Å²) in [5.74, 6) is -2.04. The quantitative estimate of drug-likeness (QED) is 0.298. The molecule has 202 valence electrons. The third kappa shape index (κ3) is 8.66. The summed E-state index contributed by atoms with van der Waals surface area (Å²) < 4.78 is 9.97. The number of nitrogens with one attached hydrogen (secondary N) is 2. The SMILES string of the molecule is C#CN(C(=O)C(Cc1ccccc1)NC(=O)OC(C)(C)C)C(C(=O)NCC(=O)OC)c1ccc(C)c(C)c1. The van der Waals surface area contributed by atoms with Crippen LogP contribution < -0.4 is 10.6 Å². The molecule has 0 saturated heterocycles. The van der Waals surface area contributed by atoms with Gasteiger partial charge >= 0.3 is 12.1 Å². The zero-order valence-corrected chi connectivity index (χ0v) is 22.7. The fraction of sp³-hybridized carbons (Fsp3) is 0.379. The second-order valence-corrected chi connectivity index (χ2v) is 9.77. The first-order valence-electron chi connectivity index (χ1n) is 12.1. The van der Waals surface area contributed by atoms with Crippen molar-refractivity contribution in [2.75, 3.05) is 13.7 Å². The molecule has 2 aromatic carbocycles. The van der Waals surface area contributed by atoms with Crippen molar-refractivity contribution in [2.45, 2.75) is 58.7 Å². The maximum absolute atomic E-state index is 13.9. The van der Waals surface area contributed by atoms with Crippen LogP contribution in [0.15, 0.2) is 48.5 Å². The lowest BCUT2D eigenvalue weighted by molar-refractivity contribution is -0.142. The summed E-state index contributed by atoms with van der Waals surface area (Å²) in [6, 6.07) is 14.2. The Hall–Kier alpha value is -4.32. The maximum atomic E-state index is 13.9. The third-order valence-corrected chi connectivity index (χ3v) is 5.64. The first kappa shape index (κ1) is 29.9. The van der Waals surface area contributed by atoms with E-state index in [1.807, 2.05) is 26.0 Å². The molecule has 0 aliphatic carbocycles. The van der Waals surface area contributed by atoms with E-state index >= 15 is 0 Å². The standard InChI is InChI=1S/C29H35N3O6/c1-8-32(25(26(34)30-18-24(33)37-7)22-15-14-19(2)20(3)16-22)27(35)23(17-21-12-10-9-11-13-21)31-28(36)38-29(4,5)6/h1,9-16,23,25H,17-18H2,2-7H3,(H,30,34)(H,31,36). The Balaban J connectivity index is 2.49. The number of hydrogen-bond donors (Lipinski definition) is 2. The average Bonchev–Trinajstić information content (AvgIpc) is 2.86. The first-order chi connectivity index (χ1) is 17.9. The molecule has 3 amide bonds. The fourth-order valence-electron chi connectivity index (χ4n) is 3.61. The summed E-state index contributed by atoms with van der Waals surface area (Å²) in [5, 5.41) is 5.09. The van der Waals surface area contributed by atoms with Gasteiger partial charge in [0.25, 0.3) is 5.91 Å². The van der Waals surface area contributed by atoms with Crippen LogP contribution in [0.5, 0.6) is 0 Å². The Bertz CT molecular complexity index is 1200. The molecule has 2 N–H and O–H groups in total. The number of amides is 3. The van der Waals surface area contributed by atoms with Crippen molar-refractivity contribution in [3.8, 4) is 12.5 Å². The Morgan fingerprint density at radius 3 is 2.24 bits per heavy atom. The molecule has 0 aliphatic heterocycles. The Labute approximate surface area is 223 Å². The molecule has 0 spiro atoms. The van der Waals surface area contributed by atoms with Gasteiger partial charge < -0.3 is 20.1 Å². The minimum atomic E-state index is -1.28. The van der Waals surface area contributed by atoms with Crippen LogP contribution in [-0.2, 0) is 30.3 Å². The van der Waals surface area contributed by atoms with Gasteiger partial charge in [0.2, 0.25) is 5.91 Å². The number of carbonyl (C=O) groups excluding carboxylic acids is 4. The second-order valence-electron chi connectivity index (χ2n) is 9.77. The molecule has 0 aromatic heterocycles. The van der Waals surface area contributed by atoms with Gasteiger partial charge in [-0.05, 0) is 56.9 Å². The molecule has 2 rings (SSSR count). The van der Waals surface area contributed by atoms with Crippen molar-refractivity contribution in [3.05, 3.63) is 70.8 Å². The minimum absolute atomic E-state index is 0.0977. The van der Waals surface area contributed by atoms with E-state index in [0.29, 0.717) is 5.56 Å². The highest BCUT2D eigenvalue weighted by atomic mass is 16.6. The molecule has 0 radical (unpaired) electrons.